The fraction of sp³-hybridized carbons (Fsp3) is 0.455. The minimum Gasteiger partial charge on any atom is -0.379 e. The van der Waals surface area contributed by atoms with Gasteiger partial charge in [0.2, 0.25) is 0 Å². The van der Waals surface area contributed by atoms with Crippen LogP contribution in [0.3, 0.4) is 0 Å². The van der Waals surface area contributed by atoms with Gasteiger partial charge in [-0.05, 0) is 49.4 Å². The second-order valence-electron chi connectivity index (χ2n) is 7.08. The summed E-state index contributed by atoms with van der Waals surface area (Å²) in [6.07, 6.45) is 4.64. The molecule has 1 fully saturated rings. The van der Waals surface area contributed by atoms with Crippen molar-refractivity contribution in [1.82, 2.24) is 4.90 Å². The summed E-state index contributed by atoms with van der Waals surface area (Å²) in [6.45, 7) is 6.23. The van der Waals surface area contributed by atoms with Gasteiger partial charge in [0.1, 0.15) is 0 Å². The molecule has 0 radical (unpaired) electrons. The van der Waals surface area contributed by atoms with Crippen molar-refractivity contribution in [2.45, 2.75) is 28.4 Å². The number of benzene rings is 2. The van der Waals surface area contributed by atoms with Crippen LogP contribution in [0.25, 0.3) is 0 Å². The fourth-order valence-electron chi connectivity index (χ4n) is 3.90. The molecule has 0 N–H and O–H groups in total. The average Bonchev–Trinajstić information content (AvgIpc) is 2.71. The van der Waals surface area contributed by atoms with Crippen molar-refractivity contribution in [3.05, 3.63) is 48.0 Å². The molecule has 0 saturated carbocycles. The fourth-order valence-corrected chi connectivity index (χ4v) is 5.59. The van der Waals surface area contributed by atoms with Gasteiger partial charge in [0.25, 0.3) is 0 Å². The molecule has 1 saturated heterocycles. The number of rotatable bonds is 7. The normalized spacial score (nSPS) is 16.9. The predicted octanol–water partition coefficient (Wildman–Crippen LogP) is 5.26. The Bertz CT molecular complexity index is 762. The zero-order chi connectivity index (χ0) is 18.5. The van der Waals surface area contributed by atoms with E-state index in [0.29, 0.717) is 0 Å². The number of unbranched alkanes of at least 4 members (excludes halogenated alkanes) is 1. The van der Waals surface area contributed by atoms with Crippen molar-refractivity contribution in [2.75, 3.05) is 50.5 Å². The molecular weight excluding hydrogens is 372 g/mol. The lowest BCUT2D eigenvalue weighted by molar-refractivity contribution is 0.0373. The molecule has 0 aromatic heterocycles. The van der Waals surface area contributed by atoms with Crippen LogP contribution in [0.2, 0.25) is 0 Å². The highest BCUT2D eigenvalue weighted by atomic mass is 32.2. The molecule has 2 aliphatic rings. The Hall–Kier alpha value is -1.14. The van der Waals surface area contributed by atoms with E-state index < -0.39 is 0 Å². The van der Waals surface area contributed by atoms with Gasteiger partial charge in [0, 0.05) is 35.2 Å². The van der Waals surface area contributed by atoms with Gasteiger partial charge in [-0.2, -0.15) is 11.8 Å². The molecule has 4 rings (SSSR count). The minimum atomic E-state index is 0.891. The average molecular weight is 401 g/mol. The van der Waals surface area contributed by atoms with Crippen LogP contribution in [0.1, 0.15) is 18.4 Å². The van der Waals surface area contributed by atoms with Crippen LogP contribution in [0, 0.1) is 0 Å². The first kappa shape index (κ1) is 19.2. The van der Waals surface area contributed by atoms with Crippen LogP contribution < -0.4 is 4.90 Å². The Balaban J connectivity index is 1.50. The summed E-state index contributed by atoms with van der Waals surface area (Å²) >= 11 is 3.82. The molecule has 0 spiro atoms. The number of ether oxygens (including phenoxy) is 1. The van der Waals surface area contributed by atoms with Crippen LogP contribution >= 0.6 is 23.5 Å². The molecule has 2 heterocycles. The molecule has 0 bridgehead atoms. The summed E-state index contributed by atoms with van der Waals surface area (Å²) in [4.78, 5) is 7.88. The Morgan fingerprint density at radius 2 is 1.74 bits per heavy atom. The van der Waals surface area contributed by atoms with Gasteiger partial charge in [0.05, 0.1) is 24.6 Å². The smallest absolute Gasteiger partial charge is 0.0594 e. The van der Waals surface area contributed by atoms with Crippen LogP contribution in [-0.4, -0.2) is 50.5 Å². The van der Waals surface area contributed by atoms with Gasteiger partial charge in [0.15, 0.2) is 0 Å². The lowest BCUT2D eigenvalue weighted by atomic mass is 10.1. The van der Waals surface area contributed by atoms with Gasteiger partial charge >= 0.3 is 0 Å². The van der Waals surface area contributed by atoms with Gasteiger partial charge < -0.3 is 9.64 Å². The van der Waals surface area contributed by atoms with Crippen molar-refractivity contribution in [1.29, 1.82) is 0 Å². The maximum Gasteiger partial charge on any atom is 0.0594 e. The molecule has 0 atom stereocenters. The first-order chi connectivity index (χ1) is 13.4. The summed E-state index contributed by atoms with van der Waals surface area (Å²) in [5.74, 6) is 1.07. The van der Waals surface area contributed by atoms with Crippen LogP contribution in [0.4, 0.5) is 11.4 Å². The molecule has 2 aliphatic heterocycles. The molecular formula is C22H28N2OS2. The third kappa shape index (κ3) is 4.48. The number of nitrogens with zero attached hydrogens (tertiary/aromatic N) is 2. The van der Waals surface area contributed by atoms with Crippen LogP contribution in [-0.2, 0) is 10.5 Å². The minimum absolute atomic E-state index is 0.891. The summed E-state index contributed by atoms with van der Waals surface area (Å²) in [7, 11) is 0. The number of hydrogen-bond donors (Lipinski definition) is 0. The van der Waals surface area contributed by atoms with E-state index in [-0.39, 0.29) is 0 Å². The van der Waals surface area contributed by atoms with Crippen molar-refractivity contribution in [2.24, 2.45) is 0 Å². The first-order valence-electron chi connectivity index (χ1n) is 9.82. The quantitative estimate of drug-likeness (QED) is 0.587. The molecule has 27 heavy (non-hydrogen) atoms. The van der Waals surface area contributed by atoms with E-state index in [2.05, 4.69) is 58.5 Å². The maximum absolute atomic E-state index is 5.46. The molecule has 0 aliphatic carbocycles. The Kier molecular flexibility index (Phi) is 6.66. The third-order valence-electron chi connectivity index (χ3n) is 5.24. The zero-order valence-corrected chi connectivity index (χ0v) is 17.7. The largest absolute Gasteiger partial charge is 0.379 e. The molecule has 3 nitrogen and oxygen atoms in total. The number of anilines is 2. The van der Waals surface area contributed by atoms with Gasteiger partial charge in [-0.15, -0.1) is 0 Å². The van der Waals surface area contributed by atoms with E-state index in [1.807, 2.05) is 23.5 Å². The Morgan fingerprint density at radius 1 is 0.963 bits per heavy atom. The summed E-state index contributed by atoms with van der Waals surface area (Å²) in [5.41, 5.74) is 4.26. The van der Waals surface area contributed by atoms with E-state index >= 15 is 0 Å². The number of morpholine rings is 1. The maximum atomic E-state index is 5.46. The lowest BCUT2D eigenvalue weighted by Gasteiger charge is -2.35. The van der Waals surface area contributed by atoms with Crippen LogP contribution in [0.5, 0.6) is 0 Å². The van der Waals surface area contributed by atoms with Crippen LogP contribution in [0.15, 0.2) is 52.3 Å². The molecule has 144 valence electrons. The van der Waals surface area contributed by atoms with Crippen molar-refractivity contribution < 1.29 is 4.74 Å². The number of para-hydroxylation sites is 2. The van der Waals surface area contributed by atoms with Gasteiger partial charge in [-0.1, -0.05) is 36.0 Å². The highest BCUT2D eigenvalue weighted by Gasteiger charge is 2.25. The number of thioether (sulfide) groups is 1. The van der Waals surface area contributed by atoms with Crippen molar-refractivity contribution >= 4 is 34.9 Å². The van der Waals surface area contributed by atoms with E-state index in [1.165, 1.54) is 46.1 Å². The van der Waals surface area contributed by atoms with Gasteiger partial charge in [-0.25, -0.2) is 0 Å². The summed E-state index contributed by atoms with van der Waals surface area (Å²) in [5, 5.41) is 0. The first-order valence-corrected chi connectivity index (χ1v) is 12.0. The highest BCUT2D eigenvalue weighted by Crippen LogP contribution is 2.49. The summed E-state index contributed by atoms with van der Waals surface area (Å²) in [6, 6.07) is 15.6. The van der Waals surface area contributed by atoms with Gasteiger partial charge in [-0.3, -0.25) is 4.90 Å². The van der Waals surface area contributed by atoms with E-state index in [9.17, 15) is 0 Å². The molecule has 2 aromatic rings. The lowest BCUT2D eigenvalue weighted by Crippen LogP contribution is -2.37. The zero-order valence-electron chi connectivity index (χ0n) is 16.0. The summed E-state index contributed by atoms with van der Waals surface area (Å²) < 4.78 is 5.46. The molecule has 2 aromatic carbocycles. The third-order valence-corrected chi connectivity index (χ3v) is 6.95. The monoisotopic (exact) mass is 400 g/mol. The molecule has 0 unspecified atom stereocenters. The second kappa shape index (κ2) is 9.37. The van der Waals surface area contributed by atoms with Crippen molar-refractivity contribution in [3.8, 4) is 0 Å². The predicted molar refractivity (Wildman–Crippen MR) is 118 cm³/mol. The standard InChI is InChI=1S/C22H28N2OS2/c1-26-17-18-7-6-10-21-22(18)24(19-8-2-3-9-20(19)27-21)12-5-4-11-23-13-15-25-16-14-23/h2-3,6-10H,4-5,11-17H2,1H3. The molecule has 0 amide bonds. The van der Waals surface area contributed by atoms with E-state index in [4.69, 9.17) is 4.74 Å². The Labute approximate surface area is 171 Å². The molecule has 5 heteroatoms. The SMILES string of the molecule is CSCc1cccc2c1N(CCCCN1CCOCC1)c1ccccc1S2. The van der Waals surface area contributed by atoms with E-state index in [1.54, 1.807) is 0 Å². The topological polar surface area (TPSA) is 15.7 Å². The van der Waals surface area contributed by atoms with E-state index in [0.717, 1.165) is 38.6 Å². The van der Waals surface area contributed by atoms with Crippen molar-refractivity contribution in [3.63, 3.8) is 0 Å². The highest BCUT2D eigenvalue weighted by molar-refractivity contribution is 7.99. The second-order valence-corrected chi connectivity index (χ2v) is 9.03. The Morgan fingerprint density at radius 3 is 2.59 bits per heavy atom. The number of fused-ring (bicyclic) bond motifs is 2. The number of hydrogen-bond acceptors (Lipinski definition) is 5.